The quantitative estimate of drug-likeness (QED) is 0.900. The summed E-state index contributed by atoms with van der Waals surface area (Å²) in [6.45, 7) is 1.80. The zero-order chi connectivity index (χ0) is 10.6. The fourth-order valence-corrected chi connectivity index (χ4v) is 1.68. The van der Waals surface area contributed by atoms with Crippen molar-refractivity contribution in [3.8, 4) is 5.75 Å². The Hall–Kier alpha value is -0.540. The topological polar surface area (TPSA) is 29.5 Å². The maximum absolute atomic E-state index is 9.18. The number of rotatable bonds is 4. The molecule has 1 aromatic carbocycles. The lowest BCUT2D eigenvalue weighted by molar-refractivity contribution is 0.185. The van der Waals surface area contributed by atoms with Gasteiger partial charge in [-0.2, -0.15) is 0 Å². The highest BCUT2D eigenvalue weighted by Crippen LogP contribution is 2.23. The number of benzene rings is 1. The number of ether oxygens (including phenoxy) is 1. The van der Waals surface area contributed by atoms with Crippen LogP contribution in [0.4, 0.5) is 0 Å². The first-order chi connectivity index (χ1) is 6.63. The smallest absolute Gasteiger partial charge is 0.119 e. The molecule has 0 bridgehead atoms. The number of halogens is 1. The molecule has 1 rings (SSSR count). The van der Waals surface area contributed by atoms with E-state index in [1.54, 1.807) is 14.0 Å². The SMILES string of the molecule is COc1ccc(Br)c(CCC(C)O)c1. The summed E-state index contributed by atoms with van der Waals surface area (Å²) < 4.78 is 6.20. The van der Waals surface area contributed by atoms with Gasteiger partial charge < -0.3 is 9.84 Å². The highest BCUT2D eigenvalue weighted by atomic mass is 79.9. The van der Waals surface area contributed by atoms with E-state index >= 15 is 0 Å². The van der Waals surface area contributed by atoms with Crippen LogP contribution in [0.25, 0.3) is 0 Å². The molecule has 3 heteroatoms. The van der Waals surface area contributed by atoms with Crippen molar-refractivity contribution in [1.29, 1.82) is 0 Å². The van der Waals surface area contributed by atoms with Gasteiger partial charge in [0.25, 0.3) is 0 Å². The zero-order valence-corrected chi connectivity index (χ0v) is 10.0. The molecule has 0 saturated heterocycles. The third-order valence-electron chi connectivity index (χ3n) is 2.08. The molecule has 0 aliphatic rings. The summed E-state index contributed by atoms with van der Waals surface area (Å²) in [6, 6.07) is 5.87. The van der Waals surface area contributed by atoms with Gasteiger partial charge in [0, 0.05) is 4.47 Å². The molecule has 0 aromatic heterocycles. The second kappa shape index (κ2) is 5.37. The number of hydrogen-bond acceptors (Lipinski definition) is 2. The van der Waals surface area contributed by atoms with Crippen molar-refractivity contribution in [3.63, 3.8) is 0 Å². The Kier molecular flexibility index (Phi) is 4.42. The monoisotopic (exact) mass is 258 g/mol. The average molecular weight is 259 g/mol. The minimum atomic E-state index is -0.256. The van der Waals surface area contributed by atoms with Crippen LogP contribution in [0, 0.1) is 0 Å². The molecule has 0 aliphatic carbocycles. The van der Waals surface area contributed by atoms with Crippen molar-refractivity contribution in [1.82, 2.24) is 0 Å². The van der Waals surface area contributed by atoms with Crippen LogP contribution in [0.15, 0.2) is 22.7 Å². The van der Waals surface area contributed by atoms with Crippen LogP contribution in [-0.2, 0) is 6.42 Å². The molecular weight excluding hydrogens is 244 g/mol. The third kappa shape index (κ3) is 3.31. The summed E-state index contributed by atoms with van der Waals surface area (Å²) in [6.07, 6.45) is 1.37. The summed E-state index contributed by atoms with van der Waals surface area (Å²) in [5.41, 5.74) is 1.17. The molecule has 0 heterocycles. The average Bonchev–Trinajstić information content (AvgIpc) is 2.16. The highest BCUT2D eigenvalue weighted by Gasteiger charge is 2.03. The molecule has 0 radical (unpaired) electrons. The van der Waals surface area contributed by atoms with Gasteiger partial charge in [-0.05, 0) is 43.5 Å². The van der Waals surface area contributed by atoms with Crippen molar-refractivity contribution in [2.24, 2.45) is 0 Å². The first-order valence-electron chi connectivity index (χ1n) is 4.64. The first kappa shape index (κ1) is 11.5. The molecule has 0 saturated carbocycles. The third-order valence-corrected chi connectivity index (χ3v) is 2.86. The van der Waals surface area contributed by atoms with Gasteiger partial charge in [-0.1, -0.05) is 15.9 Å². The van der Waals surface area contributed by atoms with Crippen molar-refractivity contribution in [2.75, 3.05) is 7.11 Å². The Morgan fingerprint density at radius 3 is 2.79 bits per heavy atom. The Bertz CT molecular complexity index is 297. The van der Waals surface area contributed by atoms with Gasteiger partial charge in [-0.3, -0.25) is 0 Å². The second-order valence-corrected chi connectivity index (χ2v) is 4.20. The molecule has 0 aliphatic heterocycles. The van der Waals surface area contributed by atoms with Crippen molar-refractivity contribution < 1.29 is 9.84 Å². The summed E-state index contributed by atoms with van der Waals surface area (Å²) >= 11 is 3.47. The number of aryl methyl sites for hydroxylation is 1. The van der Waals surface area contributed by atoms with Crippen LogP contribution in [0.2, 0.25) is 0 Å². The van der Waals surface area contributed by atoms with Gasteiger partial charge in [-0.25, -0.2) is 0 Å². The minimum absolute atomic E-state index is 0.256. The molecule has 0 fully saturated rings. The number of aliphatic hydroxyl groups excluding tert-OH is 1. The van der Waals surface area contributed by atoms with Crippen LogP contribution in [0.1, 0.15) is 18.9 Å². The van der Waals surface area contributed by atoms with Crippen LogP contribution in [-0.4, -0.2) is 18.3 Å². The summed E-state index contributed by atoms with van der Waals surface area (Å²) in [7, 11) is 1.65. The zero-order valence-electron chi connectivity index (χ0n) is 8.46. The molecule has 1 unspecified atom stereocenters. The molecule has 14 heavy (non-hydrogen) atoms. The van der Waals surface area contributed by atoms with E-state index in [1.165, 1.54) is 5.56 Å². The van der Waals surface area contributed by atoms with Gasteiger partial charge in [0.1, 0.15) is 5.75 Å². The minimum Gasteiger partial charge on any atom is -0.497 e. The van der Waals surface area contributed by atoms with E-state index in [1.807, 2.05) is 18.2 Å². The van der Waals surface area contributed by atoms with Crippen LogP contribution < -0.4 is 4.74 Å². The van der Waals surface area contributed by atoms with E-state index in [4.69, 9.17) is 4.74 Å². The fourth-order valence-electron chi connectivity index (χ4n) is 1.23. The predicted octanol–water partition coefficient (Wildman–Crippen LogP) is 2.77. The van der Waals surface area contributed by atoms with Crippen LogP contribution in [0.5, 0.6) is 5.75 Å². The Balaban J connectivity index is 2.73. The van der Waals surface area contributed by atoms with E-state index < -0.39 is 0 Å². The standard InChI is InChI=1S/C11H15BrO2/c1-8(13)3-4-9-7-10(14-2)5-6-11(9)12/h5-8,13H,3-4H2,1-2H3. The van der Waals surface area contributed by atoms with Gasteiger partial charge in [-0.15, -0.1) is 0 Å². The van der Waals surface area contributed by atoms with E-state index in [2.05, 4.69) is 15.9 Å². The van der Waals surface area contributed by atoms with Crippen molar-refractivity contribution >= 4 is 15.9 Å². The maximum atomic E-state index is 9.18. The van der Waals surface area contributed by atoms with Gasteiger partial charge in [0.15, 0.2) is 0 Å². The van der Waals surface area contributed by atoms with Crippen molar-refractivity contribution in [3.05, 3.63) is 28.2 Å². The van der Waals surface area contributed by atoms with E-state index in [0.29, 0.717) is 0 Å². The Morgan fingerprint density at radius 1 is 1.50 bits per heavy atom. The summed E-state index contributed by atoms with van der Waals surface area (Å²) in [5.74, 6) is 0.855. The Morgan fingerprint density at radius 2 is 2.21 bits per heavy atom. The molecule has 1 aromatic rings. The molecule has 0 amide bonds. The molecule has 0 spiro atoms. The largest absolute Gasteiger partial charge is 0.497 e. The molecule has 2 nitrogen and oxygen atoms in total. The lowest BCUT2D eigenvalue weighted by Crippen LogP contribution is -2.01. The lowest BCUT2D eigenvalue weighted by atomic mass is 10.1. The number of hydrogen-bond donors (Lipinski definition) is 1. The van der Waals surface area contributed by atoms with Crippen LogP contribution >= 0.6 is 15.9 Å². The summed E-state index contributed by atoms with van der Waals surface area (Å²) in [5, 5.41) is 9.18. The predicted molar refractivity (Wildman–Crippen MR) is 60.7 cm³/mol. The first-order valence-corrected chi connectivity index (χ1v) is 5.43. The molecular formula is C11H15BrO2. The van der Waals surface area contributed by atoms with Gasteiger partial charge in [0.2, 0.25) is 0 Å². The van der Waals surface area contributed by atoms with E-state index in [-0.39, 0.29) is 6.10 Å². The summed E-state index contributed by atoms with van der Waals surface area (Å²) in [4.78, 5) is 0. The lowest BCUT2D eigenvalue weighted by Gasteiger charge is -2.08. The maximum Gasteiger partial charge on any atom is 0.119 e. The molecule has 1 N–H and O–H groups in total. The second-order valence-electron chi connectivity index (χ2n) is 3.35. The van der Waals surface area contributed by atoms with Crippen molar-refractivity contribution in [2.45, 2.75) is 25.9 Å². The molecule has 78 valence electrons. The van der Waals surface area contributed by atoms with Gasteiger partial charge >= 0.3 is 0 Å². The number of methoxy groups -OCH3 is 1. The van der Waals surface area contributed by atoms with E-state index in [0.717, 1.165) is 23.1 Å². The normalized spacial score (nSPS) is 12.6. The Labute approximate surface area is 93.0 Å². The van der Waals surface area contributed by atoms with Gasteiger partial charge in [0.05, 0.1) is 13.2 Å². The van der Waals surface area contributed by atoms with Crippen LogP contribution in [0.3, 0.4) is 0 Å². The van der Waals surface area contributed by atoms with E-state index in [9.17, 15) is 5.11 Å². The molecule has 1 atom stereocenters. The number of aliphatic hydroxyl groups is 1. The fraction of sp³-hybridized carbons (Fsp3) is 0.455. The highest BCUT2D eigenvalue weighted by molar-refractivity contribution is 9.10.